The molecule has 0 saturated carbocycles. The number of hydrogen-bond donors (Lipinski definition) is 3. The third-order valence-corrected chi connectivity index (χ3v) is 12.3. The molecule has 3 amide bonds. The molecule has 0 aliphatic carbocycles. The summed E-state index contributed by atoms with van der Waals surface area (Å²) in [6, 6.07) is 19.8. The Balaban J connectivity index is 1.14. The van der Waals surface area contributed by atoms with Gasteiger partial charge in [0.15, 0.2) is 0 Å². The van der Waals surface area contributed by atoms with E-state index in [0.29, 0.717) is 48.8 Å². The molecule has 3 N–H and O–H groups in total. The number of carbonyl (C=O) groups excluding carboxylic acids is 3. The lowest BCUT2D eigenvalue weighted by atomic mass is 10.1. The number of para-hydroxylation sites is 1. The maximum absolute atomic E-state index is 14.4. The van der Waals surface area contributed by atoms with Crippen molar-refractivity contribution in [3.05, 3.63) is 99.9 Å². The smallest absolute Gasteiger partial charge is 0.370 e. The van der Waals surface area contributed by atoms with Gasteiger partial charge in [0.25, 0.3) is 5.91 Å². The lowest BCUT2D eigenvalue weighted by Crippen LogP contribution is -2.56. The van der Waals surface area contributed by atoms with E-state index in [9.17, 15) is 37.5 Å². The van der Waals surface area contributed by atoms with E-state index in [4.69, 9.17) is 4.74 Å². The number of ether oxygens (including phenoxy) is 1. The molecule has 0 radical (unpaired) electrons. The quantitative estimate of drug-likeness (QED) is 0.163. The minimum Gasteiger partial charge on any atom is -0.370 e. The highest BCUT2D eigenvalue weighted by molar-refractivity contribution is 7.52. The molecule has 1 unspecified atom stereocenters. The van der Waals surface area contributed by atoms with Gasteiger partial charge in [-0.05, 0) is 54.1 Å². The van der Waals surface area contributed by atoms with Crippen LogP contribution in [0.3, 0.4) is 0 Å². The molecule has 2 aliphatic rings. The van der Waals surface area contributed by atoms with E-state index in [1.54, 1.807) is 4.90 Å². The van der Waals surface area contributed by atoms with E-state index < -0.39 is 42.7 Å². The summed E-state index contributed by atoms with van der Waals surface area (Å²) in [5, 5.41) is 3.63. The SMILES string of the molecule is O=C(NC(Cc1nc2ccccc2s1)C(=O)N1CCC[C@H]1C(=O)N1CCO[C@H](c2ccccc2)C1)c1cc2cc(C(F)(F)P(=O)(O)O)ccc2s1. The van der Waals surface area contributed by atoms with Crippen LogP contribution in [0.15, 0.2) is 78.9 Å². The Kier molecular flexibility index (Phi) is 9.78. The van der Waals surface area contributed by atoms with Crippen LogP contribution in [0, 0.1) is 0 Å². The summed E-state index contributed by atoms with van der Waals surface area (Å²) in [7, 11) is -5.79. The van der Waals surface area contributed by atoms with Crippen LogP contribution in [0.25, 0.3) is 20.3 Å². The predicted octanol–water partition coefficient (Wildman–Crippen LogP) is 5.67. The summed E-state index contributed by atoms with van der Waals surface area (Å²) >= 11 is 2.38. The van der Waals surface area contributed by atoms with E-state index in [1.165, 1.54) is 28.4 Å². The highest BCUT2D eigenvalue weighted by Gasteiger charge is 2.50. The second kappa shape index (κ2) is 14.1. The van der Waals surface area contributed by atoms with Crippen molar-refractivity contribution in [1.29, 1.82) is 0 Å². The second-order valence-electron chi connectivity index (χ2n) is 12.5. The summed E-state index contributed by atoms with van der Waals surface area (Å²) in [4.78, 5) is 68.5. The fourth-order valence-electron chi connectivity index (χ4n) is 6.54. The lowest BCUT2D eigenvalue weighted by molar-refractivity contribution is -0.149. The van der Waals surface area contributed by atoms with Gasteiger partial charge in [-0.2, -0.15) is 8.78 Å². The predicted molar refractivity (Wildman–Crippen MR) is 189 cm³/mol. The third kappa shape index (κ3) is 7.19. The highest BCUT2D eigenvalue weighted by atomic mass is 32.1. The fourth-order valence-corrected chi connectivity index (χ4v) is 8.97. The minimum absolute atomic E-state index is 0.0541. The van der Waals surface area contributed by atoms with Crippen LogP contribution in [-0.2, 0) is 31.0 Å². The molecule has 4 heterocycles. The van der Waals surface area contributed by atoms with Gasteiger partial charge in [-0.1, -0.05) is 48.5 Å². The molecule has 2 aliphatic heterocycles. The number of likely N-dealkylation sites (tertiary alicyclic amines) is 1. The van der Waals surface area contributed by atoms with Crippen molar-refractivity contribution in [2.45, 2.75) is 43.1 Å². The molecular formula is C35H33F2N4O7PS2. The number of carbonyl (C=O) groups is 3. The van der Waals surface area contributed by atoms with Crippen molar-refractivity contribution < 1.29 is 42.3 Å². The summed E-state index contributed by atoms with van der Waals surface area (Å²) in [5.41, 5.74) is -3.58. The zero-order valence-corrected chi connectivity index (χ0v) is 29.5. The number of hydrogen-bond acceptors (Lipinski definition) is 8. The number of nitrogens with one attached hydrogen (secondary N) is 1. The summed E-state index contributed by atoms with van der Waals surface area (Å²) in [6.45, 7) is 1.42. The number of thiophene rings is 1. The van der Waals surface area contributed by atoms with Crippen molar-refractivity contribution in [2.24, 2.45) is 0 Å². The third-order valence-electron chi connectivity index (χ3n) is 9.14. The lowest BCUT2D eigenvalue weighted by Gasteiger charge is -2.37. The molecule has 7 rings (SSSR count). The van der Waals surface area contributed by atoms with E-state index in [1.807, 2.05) is 54.6 Å². The largest absolute Gasteiger partial charge is 0.399 e. The van der Waals surface area contributed by atoms with Crippen molar-refractivity contribution in [2.75, 3.05) is 26.2 Å². The fraction of sp³-hybridized carbons (Fsp3) is 0.314. The topological polar surface area (TPSA) is 149 Å². The van der Waals surface area contributed by atoms with Gasteiger partial charge in [-0.15, -0.1) is 22.7 Å². The Labute approximate surface area is 299 Å². The first-order valence-electron chi connectivity index (χ1n) is 16.3. The number of benzene rings is 3. The molecule has 51 heavy (non-hydrogen) atoms. The molecule has 0 bridgehead atoms. The van der Waals surface area contributed by atoms with Gasteiger partial charge in [-0.25, -0.2) is 4.98 Å². The van der Waals surface area contributed by atoms with Crippen molar-refractivity contribution in [1.82, 2.24) is 20.1 Å². The zero-order valence-electron chi connectivity index (χ0n) is 27.0. The molecule has 16 heteroatoms. The van der Waals surface area contributed by atoms with Crippen molar-refractivity contribution >= 4 is 68.3 Å². The molecule has 3 atom stereocenters. The number of fused-ring (bicyclic) bond motifs is 2. The van der Waals surface area contributed by atoms with E-state index in [0.717, 1.165) is 39.2 Å². The Morgan fingerprint density at radius 2 is 1.76 bits per heavy atom. The van der Waals surface area contributed by atoms with Crippen LogP contribution in [-0.4, -0.2) is 80.6 Å². The first kappa shape index (κ1) is 35.3. The van der Waals surface area contributed by atoms with Crippen LogP contribution in [0.4, 0.5) is 8.78 Å². The van der Waals surface area contributed by atoms with Gasteiger partial charge in [0.1, 0.15) is 18.2 Å². The highest BCUT2D eigenvalue weighted by Crippen LogP contribution is 2.59. The number of morpholine rings is 1. The van der Waals surface area contributed by atoms with Gasteiger partial charge in [-0.3, -0.25) is 18.9 Å². The molecule has 11 nitrogen and oxygen atoms in total. The Morgan fingerprint density at radius 1 is 1.00 bits per heavy atom. The van der Waals surface area contributed by atoms with Gasteiger partial charge >= 0.3 is 13.3 Å². The van der Waals surface area contributed by atoms with Gasteiger partial charge < -0.3 is 29.6 Å². The molecule has 266 valence electrons. The number of aromatic nitrogens is 1. The van der Waals surface area contributed by atoms with Crippen molar-refractivity contribution in [3.63, 3.8) is 0 Å². The normalized spacial score (nSPS) is 19.1. The molecule has 2 saturated heterocycles. The monoisotopic (exact) mass is 754 g/mol. The van der Waals surface area contributed by atoms with Gasteiger partial charge in [0, 0.05) is 29.8 Å². The molecule has 5 aromatic rings. The molecule has 2 fully saturated rings. The first-order valence-corrected chi connectivity index (χ1v) is 19.5. The van der Waals surface area contributed by atoms with Crippen LogP contribution in [0.2, 0.25) is 0 Å². The number of alkyl halides is 2. The Morgan fingerprint density at radius 3 is 2.53 bits per heavy atom. The van der Waals surface area contributed by atoms with Crippen molar-refractivity contribution in [3.8, 4) is 0 Å². The van der Waals surface area contributed by atoms with E-state index in [-0.39, 0.29) is 28.7 Å². The zero-order chi connectivity index (χ0) is 35.9. The number of amides is 3. The standard InChI is InChI=1S/C35H33F2N4O7PS2/c36-35(37,49(45,46)47)23-12-13-28-22(17-23)18-30(50-28)32(42)39-25(19-31-38-24-9-4-5-11-29(24)51-31)33(43)41-14-6-10-26(41)34(44)40-15-16-48-27(20-40)21-7-2-1-3-8-21/h1-5,7-9,11-13,17-18,25-27H,6,10,14-16,19-20H2,(H,39,42)(H2,45,46,47)/t25?,26-,27-/m0/s1. The van der Waals surface area contributed by atoms with Crippen LogP contribution in [0.1, 0.15) is 44.8 Å². The average Bonchev–Trinajstić information content (AvgIpc) is 3.88. The van der Waals surface area contributed by atoms with Crippen LogP contribution >= 0.6 is 30.3 Å². The number of nitrogens with zero attached hydrogens (tertiary/aromatic N) is 3. The van der Waals surface area contributed by atoms with E-state index >= 15 is 0 Å². The Bertz CT molecular complexity index is 2120. The number of halogens is 2. The summed E-state index contributed by atoms with van der Waals surface area (Å²) in [6.07, 6.45) is 0.839. The van der Waals surface area contributed by atoms with Crippen LogP contribution in [0.5, 0.6) is 0 Å². The van der Waals surface area contributed by atoms with Gasteiger partial charge in [0.05, 0.1) is 33.3 Å². The number of thiazole rings is 1. The van der Waals surface area contributed by atoms with Crippen LogP contribution < -0.4 is 5.32 Å². The molecular weight excluding hydrogens is 722 g/mol. The maximum atomic E-state index is 14.4. The average molecular weight is 755 g/mol. The maximum Gasteiger partial charge on any atom is 0.399 e. The molecule has 3 aromatic carbocycles. The summed E-state index contributed by atoms with van der Waals surface area (Å²) < 4.78 is 47.6. The molecule has 2 aromatic heterocycles. The molecule has 0 spiro atoms. The summed E-state index contributed by atoms with van der Waals surface area (Å²) in [5.74, 6) is -1.25. The first-order chi connectivity index (χ1) is 24.4. The number of rotatable bonds is 9. The second-order valence-corrected chi connectivity index (χ2v) is 16.3. The van der Waals surface area contributed by atoms with E-state index in [2.05, 4.69) is 10.3 Å². The Hall–Kier alpha value is -4.11. The minimum atomic E-state index is -5.79. The van der Waals surface area contributed by atoms with Gasteiger partial charge in [0.2, 0.25) is 11.8 Å².